The molecule has 0 radical (unpaired) electrons. The topological polar surface area (TPSA) is 74.1 Å². The van der Waals surface area contributed by atoms with Gasteiger partial charge in [0.25, 0.3) is 5.91 Å². The molecule has 8 heteroatoms. The third-order valence-electron chi connectivity index (χ3n) is 5.27. The number of carbonyl (C=O) groups excluding carboxylic acids is 2. The molecule has 4 rings (SSSR count). The minimum atomic E-state index is -0.488. The van der Waals surface area contributed by atoms with E-state index < -0.39 is 11.3 Å². The van der Waals surface area contributed by atoms with Crippen LogP contribution in [0.2, 0.25) is 0 Å². The zero-order valence-electron chi connectivity index (χ0n) is 18.2. The van der Waals surface area contributed by atoms with E-state index in [2.05, 4.69) is 24.2 Å². The first kappa shape index (κ1) is 22.2. The van der Waals surface area contributed by atoms with Gasteiger partial charge in [-0.15, -0.1) is 0 Å². The summed E-state index contributed by atoms with van der Waals surface area (Å²) in [6.07, 6.45) is 0.659. The molecule has 2 atom stereocenters. The van der Waals surface area contributed by atoms with Crippen LogP contribution in [0.5, 0.6) is 0 Å². The molecule has 32 heavy (non-hydrogen) atoms. The first-order valence-electron chi connectivity index (χ1n) is 10.6. The van der Waals surface area contributed by atoms with Crippen LogP contribution in [0.3, 0.4) is 0 Å². The zero-order valence-corrected chi connectivity index (χ0v) is 19.0. The normalized spacial score (nSPS) is 18.1. The van der Waals surface area contributed by atoms with Crippen molar-refractivity contribution >= 4 is 40.3 Å². The number of nitrogens with one attached hydrogen (secondary N) is 1. The minimum Gasteiger partial charge on any atom is -0.351 e. The average Bonchev–Trinajstić information content (AvgIpc) is 3.09. The number of amides is 2. The van der Waals surface area contributed by atoms with E-state index >= 15 is 0 Å². The van der Waals surface area contributed by atoms with Gasteiger partial charge >= 0.3 is 0 Å². The number of hydrogen-bond donors (Lipinski definition) is 1. The summed E-state index contributed by atoms with van der Waals surface area (Å²) in [6, 6.07) is 13.1. The number of hydrogen-bond acceptors (Lipinski definition) is 5. The molecule has 0 saturated heterocycles. The van der Waals surface area contributed by atoms with Gasteiger partial charge in [-0.25, -0.2) is 14.3 Å². The molecular formula is C24H25FN4O2S. The Balaban J connectivity index is 1.51. The molecule has 2 unspecified atom stereocenters. The lowest BCUT2D eigenvalue weighted by Crippen LogP contribution is -2.43. The molecule has 1 N–H and O–H groups in total. The number of para-hydroxylation sites is 1. The lowest BCUT2D eigenvalue weighted by molar-refractivity contribution is -0.125. The maximum absolute atomic E-state index is 13.2. The van der Waals surface area contributed by atoms with Crippen molar-refractivity contribution in [2.45, 2.75) is 45.0 Å². The highest BCUT2D eigenvalue weighted by Gasteiger charge is 2.42. The van der Waals surface area contributed by atoms with Crippen molar-refractivity contribution in [1.82, 2.24) is 10.2 Å². The Hall–Kier alpha value is -3.00. The number of thioether (sulfide) groups is 1. The predicted molar refractivity (Wildman–Crippen MR) is 125 cm³/mol. The maximum Gasteiger partial charge on any atom is 0.259 e. The first-order chi connectivity index (χ1) is 15.3. The van der Waals surface area contributed by atoms with Gasteiger partial charge in [-0.05, 0) is 49.1 Å². The van der Waals surface area contributed by atoms with Crippen molar-refractivity contribution in [1.29, 1.82) is 0 Å². The van der Waals surface area contributed by atoms with Gasteiger partial charge in [0.15, 0.2) is 5.17 Å². The second kappa shape index (κ2) is 9.24. The van der Waals surface area contributed by atoms with E-state index in [-0.39, 0.29) is 17.6 Å². The molecule has 0 aliphatic carbocycles. The lowest BCUT2D eigenvalue weighted by atomic mass is 10.0. The molecule has 2 aliphatic heterocycles. The van der Waals surface area contributed by atoms with Crippen LogP contribution in [0, 0.1) is 11.7 Å². The van der Waals surface area contributed by atoms with Crippen LogP contribution in [0.4, 0.5) is 10.1 Å². The fraction of sp³-hybridized carbons (Fsp3) is 0.333. The summed E-state index contributed by atoms with van der Waals surface area (Å²) in [5.74, 6) is 0.322. The highest BCUT2D eigenvalue weighted by molar-refractivity contribution is 8.15. The highest BCUT2D eigenvalue weighted by Crippen LogP contribution is 2.35. The second-order valence-corrected chi connectivity index (χ2v) is 9.60. The summed E-state index contributed by atoms with van der Waals surface area (Å²) < 4.78 is 13.1. The SMILES string of the molecule is CC(C)CC1N=C2c3ccccc3N=C(SC(C)C(=O)NCc3ccc(F)cc3)N2C1=O. The standard InChI is InChI=1S/C24H25FN4O2S/c1-14(2)12-20-23(31)29-21(27-20)18-6-4-5-7-19(18)28-24(29)32-15(3)22(30)26-13-16-8-10-17(25)11-9-16/h4-11,14-15,20H,12-13H2,1-3H3,(H,26,30). The van der Waals surface area contributed by atoms with Gasteiger partial charge in [0, 0.05) is 12.1 Å². The molecular weight excluding hydrogens is 427 g/mol. The molecule has 2 amide bonds. The van der Waals surface area contributed by atoms with Gasteiger partial charge in [0.1, 0.15) is 17.7 Å². The number of benzene rings is 2. The van der Waals surface area contributed by atoms with Crippen molar-refractivity contribution in [3.8, 4) is 0 Å². The van der Waals surface area contributed by atoms with Gasteiger partial charge < -0.3 is 5.32 Å². The molecule has 0 fully saturated rings. The number of rotatable bonds is 6. The van der Waals surface area contributed by atoms with E-state index in [1.165, 1.54) is 23.9 Å². The summed E-state index contributed by atoms with van der Waals surface area (Å²) in [4.78, 5) is 36.8. The summed E-state index contributed by atoms with van der Waals surface area (Å²) in [6.45, 7) is 6.20. The average molecular weight is 453 g/mol. The van der Waals surface area contributed by atoms with Crippen LogP contribution in [0.1, 0.15) is 38.3 Å². The van der Waals surface area contributed by atoms with Gasteiger partial charge in [-0.2, -0.15) is 0 Å². The molecule has 0 spiro atoms. The van der Waals surface area contributed by atoms with E-state index in [1.807, 2.05) is 24.3 Å². The fourth-order valence-electron chi connectivity index (χ4n) is 3.63. The van der Waals surface area contributed by atoms with Crippen molar-refractivity contribution in [2.75, 3.05) is 0 Å². The Morgan fingerprint density at radius 3 is 2.59 bits per heavy atom. The molecule has 0 saturated carbocycles. The number of aliphatic imine (C=N–C) groups is 2. The van der Waals surface area contributed by atoms with Crippen molar-refractivity contribution in [3.63, 3.8) is 0 Å². The maximum atomic E-state index is 13.2. The van der Waals surface area contributed by atoms with Crippen LogP contribution < -0.4 is 5.32 Å². The summed E-state index contributed by atoms with van der Waals surface area (Å²) in [7, 11) is 0. The predicted octanol–water partition coefficient (Wildman–Crippen LogP) is 4.27. The number of fused-ring (bicyclic) bond motifs is 3. The number of halogens is 1. The van der Waals surface area contributed by atoms with Gasteiger partial charge in [-0.1, -0.05) is 49.9 Å². The highest BCUT2D eigenvalue weighted by atomic mass is 32.2. The third kappa shape index (κ3) is 4.60. The van der Waals surface area contributed by atoms with Gasteiger partial charge in [-0.3, -0.25) is 14.6 Å². The summed E-state index contributed by atoms with van der Waals surface area (Å²) in [5.41, 5.74) is 2.37. The molecule has 166 valence electrons. The van der Waals surface area contributed by atoms with Crippen molar-refractivity contribution in [3.05, 3.63) is 65.5 Å². The number of nitrogens with zero attached hydrogens (tertiary/aromatic N) is 3. The monoisotopic (exact) mass is 452 g/mol. The van der Waals surface area contributed by atoms with Crippen LogP contribution >= 0.6 is 11.8 Å². The van der Waals surface area contributed by atoms with Gasteiger partial charge in [0.05, 0.1) is 10.9 Å². The largest absolute Gasteiger partial charge is 0.351 e. The van der Waals surface area contributed by atoms with E-state index in [4.69, 9.17) is 4.99 Å². The lowest BCUT2D eigenvalue weighted by Gasteiger charge is -2.27. The molecule has 0 aromatic heterocycles. The summed E-state index contributed by atoms with van der Waals surface area (Å²) >= 11 is 1.23. The molecule has 6 nitrogen and oxygen atoms in total. The van der Waals surface area contributed by atoms with Crippen LogP contribution in [-0.2, 0) is 16.1 Å². The Bertz CT molecular complexity index is 1100. The summed E-state index contributed by atoms with van der Waals surface area (Å²) in [5, 5.41) is 2.83. The first-order valence-corrected chi connectivity index (χ1v) is 11.5. The van der Waals surface area contributed by atoms with Crippen LogP contribution in [0.25, 0.3) is 0 Å². The van der Waals surface area contributed by atoms with E-state index in [0.29, 0.717) is 29.9 Å². The van der Waals surface area contributed by atoms with Gasteiger partial charge in [0.2, 0.25) is 5.91 Å². The molecule has 2 aromatic carbocycles. The Morgan fingerprint density at radius 1 is 1.16 bits per heavy atom. The fourth-order valence-corrected chi connectivity index (χ4v) is 4.57. The van der Waals surface area contributed by atoms with Crippen LogP contribution in [-0.4, -0.2) is 39.0 Å². The minimum absolute atomic E-state index is 0.103. The van der Waals surface area contributed by atoms with E-state index in [1.54, 1.807) is 24.0 Å². The third-order valence-corrected chi connectivity index (χ3v) is 6.33. The second-order valence-electron chi connectivity index (χ2n) is 8.29. The van der Waals surface area contributed by atoms with E-state index in [9.17, 15) is 14.0 Å². The Labute approximate surface area is 191 Å². The van der Waals surface area contributed by atoms with Crippen molar-refractivity contribution in [2.24, 2.45) is 15.9 Å². The zero-order chi connectivity index (χ0) is 22.8. The quantitative estimate of drug-likeness (QED) is 0.711. The molecule has 0 bridgehead atoms. The Morgan fingerprint density at radius 2 is 1.88 bits per heavy atom. The molecule has 2 heterocycles. The Kier molecular flexibility index (Phi) is 6.41. The van der Waals surface area contributed by atoms with E-state index in [0.717, 1.165) is 16.8 Å². The number of carbonyl (C=O) groups is 2. The smallest absolute Gasteiger partial charge is 0.259 e. The molecule has 2 aromatic rings. The molecule has 2 aliphatic rings. The van der Waals surface area contributed by atoms with Crippen molar-refractivity contribution < 1.29 is 14.0 Å². The van der Waals surface area contributed by atoms with Crippen LogP contribution in [0.15, 0.2) is 58.5 Å². The number of amidine groups is 2.